The van der Waals surface area contributed by atoms with E-state index in [1.807, 2.05) is 48.7 Å². The van der Waals surface area contributed by atoms with Crippen molar-refractivity contribution in [3.05, 3.63) is 94.7 Å². The first-order valence-corrected chi connectivity index (χ1v) is 11.8. The topological polar surface area (TPSA) is 67.2 Å². The second kappa shape index (κ2) is 8.53. The Labute approximate surface area is 200 Å². The van der Waals surface area contributed by atoms with Crippen molar-refractivity contribution < 1.29 is 14.0 Å². The average molecular weight is 475 g/mol. The second-order valence-corrected chi connectivity index (χ2v) is 9.56. The quantitative estimate of drug-likeness (QED) is 0.452. The van der Waals surface area contributed by atoms with E-state index < -0.39 is 5.54 Å². The molecule has 6 nitrogen and oxygen atoms in total. The van der Waals surface area contributed by atoms with Gasteiger partial charge in [0.25, 0.3) is 5.91 Å². The zero-order valence-corrected chi connectivity index (χ0v) is 19.6. The van der Waals surface area contributed by atoms with E-state index in [2.05, 4.69) is 10.4 Å². The Balaban J connectivity index is 1.52. The van der Waals surface area contributed by atoms with Gasteiger partial charge in [0.1, 0.15) is 22.7 Å². The number of hydrogen-bond acceptors (Lipinski definition) is 4. The summed E-state index contributed by atoms with van der Waals surface area (Å²) in [5, 5.41) is 9.54. The van der Waals surface area contributed by atoms with Crippen LogP contribution in [0, 0.1) is 12.7 Å². The standard InChI is InChI=1S/C26H23FN4O2S/c1-17-5-11-20(12-6-17)31-24(32)22-14-21(23-4-3-13-34-23)29-30(22)16-26(31,2)25(33)28-15-18-7-9-19(27)10-8-18/h3-14H,15-16H2,1-2H3,(H,28,33). The number of carbonyl (C=O) groups is 2. The van der Waals surface area contributed by atoms with Crippen LogP contribution in [0.25, 0.3) is 10.6 Å². The number of rotatable bonds is 5. The summed E-state index contributed by atoms with van der Waals surface area (Å²) in [4.78, 5) is 29.9. The van der Waals surface area contributed by atoms with Crippen molar-refractivity contribution in [1.82, 2.24) is 15.1 Å². The molecule has 34 heavy (non-hydrogen) atoms. The van der Waals surface area contributed by atoms with Gasteiger partial charge < -0.3 is 5.32 Å². The minimum Gasteiger partial charge on any atom is -0.350 e. The van der Waals surface area contributed by atoms with Crippen LogP contribution in [-0.4, -0.2) is 27.1 Å². The Bertz CT molecular complexity index is 1350. The van der Waals surface area contributed by atoms with Gasteiger partial charge in [-0.1, -0.05) is 35.9 Å². The molecule has 2 amide bonds. The summed E-state index contributed by atoms with van der Waals surface area (Å²) in [6, 6.07) is 19.2. The molecule has 0 saturated carbocycles. The van der Waals surface area contributed by atoms with Crippen molar-refractivity contribution in [2.75, 3.05) is 4.90 Å². The monoisotopic (exact) mass is 474 g/mol. The number of carbonyl (C=O) groups excluding carboxylic acids is 2. The summed E-state index contributed by atoms with van der Waals surface area (Å²) >= 11 is 1.55. The van der Waals surface area contributed by atoms with Crippen molar-refractivity contribution in [3.63, 3.8) is 0 Å². The van der Waals surface area contributed by atoms with Crippen LogP contribution in [0.15, 0.2) is 72.1 Å². The van der Waals surface area contributed by atoms with Crippen LogP contribution < -0.4 is 10.2 Å². The average Bonchev–Trinajstić information content (AvgIpc) is 3.50. The number of benzene rings is 2. The molecule has 1 N–H and O–H groups in total. The molecule has 1 unspecified atom stereocenters. The molecule has 4 aromatic rings. The highest BCUT2D eigenvalue weighted by Gasteiger charge is 2.48. The number of anilines is 1. The van der Waals surface area contributed by atoms with Gasteiger partial charge in [-0.15, -0.1) is 11.3 Å². The van der Waals surface area contributed by atoms with E-state index in [1.165, 1.54) is 12.1 Å². The third kappa shape index (κ3) is 3.90. The maximum Gasteiger partial charge on any atom is 0.277 e. The smallest absolute Gasteiger partial charge is 0.277 e. The number of nitrogens with one attached hydrogen (secondary N) is 1. The van der Waals surface area contributed by atoms with E-state index in [9.17, 15) is 14.0 Å². The van der Waals surface area contributed by atoms with Gasteiger partial charge in [0.2, 0.25) is 5.91 Å². The minimum absolute atomic E-state index is 0.197. The summed E-state index contributed by atoms with van der Waals surface area (Å²) < 4.78 is 14.9. The number of fused-ring (bicyclic) bond motifs is 1. The molecule has 2 aromatic carbocycles. The summed E-state index contributed by atoms with van der Waals surface area (Å²) in [6.45, 7) is 4.14. The van der Waals surface area contributed by atoms with Crippen LogP contribution in [-0.2, 0) is 17.9 Å². The highest BCUT2D eigenvalue weighted by molar-refractivity contribution is 7.13. The van der Waals surface area contributed by atoms with Crippen molar-refractivity contribution in [1.29, 1.82) is 0 Å². The van der Waals surface area contributed by atoms with Crippen LogP contribution >= 0.6 is 11.3 Å². The van der Waals surface area contributed by atoms with E-state index in [-0.39, 0.29) is 30.7 Å². The molecule has 5 rings (SSSR count). The number of halogens is 1. The van der Waals surface area contributed by atoms with E-state index in [4.69, 9.17) is 0 Å². The summed E-state index contributed by atoms with van der Waals surface area (Å²) in [5.41, 5.74) is 2.38. The summed E-state index contributed by atoms with van der Waals surface area (Å²) in [6.07, 6.45) is 0. The number of aryl methyl sites for hydroxylation is 1. The van der Waals surface area contributed by atoms with Crippen molar-refractivity contribution in [2.24, 2.45) is 0 Å². The fraction of sp³-hybridized carbons (Fsp3) is 0.192. The van der Waals surface area contributed by atoms with Gasteiger partial charge in [-0.3, -0.25) is 19.2 Å². The molecule has 8 heteroatoms. The van der Waals surface area contributed by atoms with Crippen molar-refractivity contribution in [2.45, 2.75) is 32.5 Å². The maximum atomic E-state index is 13.8. The zero-order valence-electron chi connectivity index (χ0n) is 18.8. The van der Waals surface area contributed by atoms with Gasteiger partial charge in [-0.05, 0) is 61.2 Å². The molecular formula is C26H23FN4O2S. The Morgan fingerprint density at radius 1 is 1.15 bits per heavy atom. The summed E-state index contributed by atoms with van der Waals surface area (Å²) in [5.74, 6) is -0.937. The molecule has 172 valence electrons. The molecule has 0 bridgehead atoms. The normalized spacial score (nSPS) is 17.5. The number of amides is 2. The van der Waals surface area contributed by atoms with Crippen LogP contribution in [0.2, 0.25) is 0 Å². The summed E-state index contributed by atoms with van der Waals surface area (Å²) in [7, 11) is 0. The highest BCUT2D eigenvalue weighted by Crippen LogP contribution is 2.35. The van der Waals surface area contributed by atoms with Gasteiger partial charge in [-0.2, -0.15) is 5.10 Å². The molecule has 0 saturated heterocycles. The van der Waals surface area contributed by atoms with E-state index in [1.54, 1.807) is 46.0 Å². The highest BCUT2D eigenvalue weighted by atomic mass is 32.1. The number of nitrogens with zero attached hydrogens (tertiary/aromatic N) is 3. The van der Waals surface area contributed by atoms with Gasteiger partial charge in [0, 0.05) is 12.2 Å². The molecule has 2 aromatic heterocycles. The van der Waals surface area contributed by atoms with Crippen LogP contribution in [0.3, 0.4) is 0 Å². The van der Waals surface area contributed by atoms with Gasteiger partial charge in [0.15, 0.2) is 0 Å². The Morgan fingerprint density at radius 2 is 1.88 bits per heavy atom. The van der Waals surface area contributed by atoms with E-state index in [0.29, 0.717) is 17.1 Å². The van der Waals surface area contributed by atoms with Crippen LogP contribution in [0.4, 0.5) is 10.1 Å². The molecule has 1 atom stereocenters. The number of hydrogen-bond donors (Lipinski definition) is 1. The first kappa shape index (κ1) is 22.0. The van der Waals surface area contributed by atoms with Gasteiger partial charge in [-0.25, -0.2) is 4.39 Å². The Kier molecular flexibility index (Phi) is 5.53. The van der Waals surface area contributed by atoms with Crippen LogP contribution in [0.1, 0.15) is 28.5 Å². The van der Waals surface area contributed by atoms with E-state index >= 15 is 0 Å². The molecule has 0 spiro atoms. The van der Waals surface area contributed by atoms with Gasteiger partial charge in [0.05, 0.1) is 11.4 Å². The molecule has 0 radical (unpaired) electrons. The number of thiophene rings is 1. The van der Waals surface area contributed by atoms with Gasteiger partial charge >= 0.3 is 0 Å². The number of aromatic nitrogens is 2. The lowest BCUT2D eigenvalue weighted by atomic mass is 9.93. The zero-order chi connectivity index (χ0) is 23.9. The Morgan fingerprint density at radius 3 is 2.56 bits per heavy atom. The lowest BCUT2D eigenvalue weighted by Crippen LogP contribution is -2.64. The molecule has 0 fully saturated rings. The molecular weight excluding hydrogens is 451 g/mol. The predicted molar refractivity (Wildman–Crippen MR) is 130 cm³/mol. The van der Waals surface area contributed by atoms with Crippen LogP contribution in [0.5, 0.6) is 0 Å². The molecule has 1 aliphatic rings. The third-order valence-corrected chi connectivity index (χ3v) is 6.97. The lowest BCUT2D eigenvalue weighted by Gasteiger charge is -2.43. The molecule has 1 aliphatic heterocycles. The predicted octanol–water partition coefficient (Wildman–Crippen LogP) is 4.79. The fourth-order valence-corrected chi connectivity index (χ4v) is 4.88. The fourth-order valence-electron chi connectivity index (χ4n) is 4.20. The van der Waals surface area contributed by atoms with Crippen molar-refractivity contribution >= 4 is 28.8 Å². The second-order valence-electron chi connectivity index (χ2n) is 8.61. The minimum atomic E-state index is -1.22. The third-order valence-electron chi connectivity index (χ3n) is 6.07. The first-order chi connectivity index (χ1) is 16.3. The first-order valence-electron chi connectivity index (χ1n) is 10.9. The van der Waals surface area contributed by atoms with E-state index in [0.717, 1.165) is 16.0 Å². The maximum absolute atomic E-state index is 13.8. The largest absolute Gasteiger partial charge is 0.350 e. The molecule has 3 heterocycles. The Hall–Kier alpha value is -3.78. The lowest BCUT2D eigenvalue weighted by molar-refractivity contribution is -0.126. The molecule has 0 aliphatic carbocycles. The van der Waals surface area contributed by atoms with Crippen molar-refractivity contribution in [3.8, 4) is 10.6 Å². The SMILES string of the molecule is Cc1ccc(N2C(=O)c3cc(-c4cccs4)nn3CC2(C)C(=O)NCc2ccc(F)cc2)cc1.